The maximum atomic E-state index is 13.8. The van der Waals surface area contributed by atoms with Crippen LogP contribution in [0.4, 0.5) is 8.78 Å². The van der Waals surface area contributed by atoms with Gasteiger partial charge >= 0.3 is 0 Å². The Morgan fingerprint density at radius 2 is 1.96 bits per heavy atom. The van der Waals surface area contributed by atoms with Crippen molar-refractivity contribution < 1.29 is 18.6 Å². The second kappa shape index (κ2) is 8.49. The summed E-state index contributed by atoms with van der Waals surface area (Å²) in [6, 6.07) is 9.45. The summed E-state index contributed by atoms with van der Waals surface area (Å²) in [5.41, 5.74) is 1.29. The quantitative estimate of drug-likeness (QED) is 0.821. The van der Waals surface area contributed by atoms with E-state index < -0.39 is 11.6 Å². The molecule has 3 rings (SSSR count). The molecule has 26 heavy (non-hydrogen) atoms. The number of hydrogen-bond donors (Lipinski definition) is 1. The third-order valence-corrected chi connectivity index (χ3v) is 5.12. The predicted molar refractivity (Wildman–Crippen MR) is 97.3 cm³/mol. The van der Waals surface area contributed by atoms with Gasteiger partial charge in [-0.05, 0) is 68.0 Å². The van der Waals surface area contributed by atoms with Gasteiger partial charge in [-0.25, -0.2) is 8.78 Å². The first-order valence-corrected chi connectivity index (χ1v) is 9.08. The molecule has 1 heterocycles. The molecule has 1 unspecified atom stereocenters. The van der Waals surface area contributed by atoms with Crippen LogP contribution in [0.3, 0.4) is 0 Å². The summed E-state index contributed by atoms with van der Waals surface area (Å²) in [4.78, 5) is 2.36. The normalized spacial score (nSPS) is 18.0. The number of ether oxygens (including phenoxy) is 1. The first-order valence-electron chi connectivity index (χ1n) is 9.08. The summed E-state index contributed by atoms with van der Waals surface area (Å²) in [5.74, 6) is 0.148. The van der Waals surface area contributed by atoms with Gasteiger partial charge in [-0.1, -0.05) is 12.1 Å². The molecule has 5 heteroatoms. The number of phenolic OH excluding ortho intramolecular Hbond substituents is 1. The summed E-state index contributed by atoms with van der Waals surface area (Å²) in [7, 11) is 1.54. The summed E-state index contributed by atoms with van der Waals surface area (Å²) < 4.78 is 32.7. The number of likely N-dealkylation sites (tertiary alicyclic amines) is 1. The van der Waals surface area contributed by atoms with Gasteiger partial charge in [-0.2, -0.15) is 0 Å². The molecular formula is C21H25F2NO2. The number of benzene rings is 2. The lowest BCUT2D eigenvalue weighted by atomic mass is 9.91. The summed E-state index contributed by atoms with van der Waals surface area (Å²) in [6.45, 7) is 2.70. The van der Waals surface area contributed by atoms with Crippen molar-refractivity contribution in [3.63, 3.8) is 0 Å². The molecule has 1 atom stereocenters. The van der Waals surface area contributed by atoms with Gasteiger partial charge in [0.25, 0.3) is 0 Å². The van der Waals surface area contributed by atoms with Crippen LogP contribution in [0.5, 0.6) is 11.5 Å². The fraction of sp³-hybridized carbons (Fsp3) is 0.429. The minimum Gasteiger partial charge on any atom is -0.504 e. The minimum atomic E-state index is -0.450. The van der Waals surface area contributed by atoms with E-state index in [1.54, 1.807) is 6.07 Å². The number of aromatic hydroxyl groups is 1. The average molecular weight is 361 g/mol. The number of hydrogen-bond acceptors (Lipinski definition) is 3. The minimum absolute atomic E-state index is 0.139. The number of methoxy groups -OCH3 is 1. The van der Waals surface area contributed by atoms with Crippen LogP contribution in [0.25, 0.3) is 0 Å². The Morgan fingerprint density at radius 1 is 1.19 bits per heavy atom. The number of phenols is 1. The van der Waals surface area contributed by atoms with Crippen LogP contribution in [0, 0.1) is 17.6 Å². The molecule has 1 aliphatic rings. The van der Waals surface area contributed by atoms with E-state index in [-0.39, 0.29) is 11.3 Å². The summed E-state index contributed by atoms with van der Waals surface area (Å²) in [5, 5.41) is 9.71. The smallest absolute Gasteiger partial charge is 0.160 e. The topological polar surface area (TPSA) is 32.7 Å². The first kappa shape index (κ1) is 18.6. The Labute approximate surface area is 153 Å². The Balaban J connectivity index is 1.57. The predicted octanol–water partition coefficient (Wildman–Crippen LogP) is 4.52. The maximum Gasteiger partial charge on any atom is 0.160 e. The zero-order valence-electron chi connectivity index (χ0n) is 15.0. The summed E-state index contributed by atoms with van der Waals surface area (Å²) in [6.07, 6.45) is 3.39. The molecule has 140 valence electrons. The molecule has 0 amide bonds. The fourth-order valence-corrected chi connectivity index (χ4v) is 3.73. The largest absolute Gasteiger partial charge is 0.504 e. The summed E-state index contributed by atoms with van der Waals surface area (Å²) >= 11 is 0. The zero-order chi connectivity index (χ0) is 18.5. The van der Waals surface area contributed by atoms with E-state index in [0.717, 1.165) is 44.5 Å². The van der Waals surface area contributed by atoms with Gasteiger partial charge in [-0.3, -0.25) is 4.90 Å². The number of halogens is 2. The Kier molecular flexibility index (Phi) is 6.09. The van der Waals surface area contributed by atoms with Crippen LogP contribution < -0.4 is 4.74 Å². The molecule has 0 bridgehead atoms. The Hall–Kier alpha value is -2.14. The van der Waals surface area contributed by atoms with E-state index in [2.05, 4.69) is 4.90 Å². The third kappa shape index (κ3) is 4.52. The highest BCUT2D eigenvalue weighted by Crippen LogP contribution is 2.28. The first-order chi connectivity index (χ1) is 12.6. The van der Waals surface area contributed by atoms with Crippen LogP contribution in [0.2, 0.25) is 0 Å². The van der Waals surface area contributed by atoms with Crippen molar-refractivity contribution in [3.05, 3.63) is 59.2 Å². The highest BCUT2D eigenvalue weighted by atomic mass is 19.1. The molecule has 1 saturated heterocycles. The van der Waals surface area contributed by atoms with Crippen molar-refractivity contribution in [1.82, 2.24) is 4.90 Å². The highest BCUT2D eigenvalue weighted by molar-refractivity contribution is 5.41. The molecule has 3 nitrogen and oxygen atoms in total. The van der Waals surface area contributed by atoms with Gasteiger partial charge < -0.3 is 9.84 Å². The Bertz CT molecular complexity index is 731. The van der Waals surface area contributed by atoms with Gasteiger partial charge in [0.05, 0.1) is 7.11 Å². The molecule has 0 saturated carbocycles. The lowest BCUT2D eigenvalue weighted by Crippen LogP contribution is -2.35. The van der Waals surface area contributed by atoms with Crippen LogP contribution >= 0.6 is 0 Å². The molecule has 1 aliphatic heterocycles. The molecule has 0 radical (unpaired) electrons. The van der Waals surface area contributed by atoms with Crippen LogP contribution in [-0.2, 0) is 13.0 Å². The molecule has 2 aromatic rings. The van der Waals surface area contributed by atoms with Gasteiger partial charge in [0, 0.05) is 18.7 Å². The number of nitrogens with zero attached hydrogens (tertiary/aromatic N) is 1. The number of piperidine rings is 1. The van der Waals surface area contributed by atoms with E-state index in [1.165, 1.54) is 25.3 Å². The van der Waals surface area contributed by atoms with E-state index in [4.69, 9.17) is 4.74 Å². The van der Waals surface area contributed by atoms with E-state index in [0.29, 0.717) is 18.1 Å². The second-order valence-electron chi connectivity index (χ2n) is 6.99. The van der Waals surface area contributed by atoms with Gasteiger partial charge in [-0.15, -0.1) is 0 Å². The van der Waals surface area contributed by atoms with Gasteiger partial charge in [0.2, 0.25) is 0 Å². The maximum absolute atomic E-state index is 13.8. The van der Waals surface area contributed by atoms with Crippen molar-refractivity contribution in [3.8, 4) is 11.5 Å². The lowest BCUT2D eigenvalue weighted by Gasteiger charge is -2.33. The van der Waals surface area contributed by atoms with Crippen LogP contribution in [0.15, 0.2) is 36.4 Å². The van der Waals surface area contributed by atoms with Crippen LogP contribution in [0.1, 0.15) is 30.4 Å². The molecule has 0 spiro atoms. The molecule has 1 N–H and O–H groups in total. The molecule has 2 aromatic carbocycles. The monoisotopic (exact) mass is 361 g/mol. The van der Waals surface area contributed by atoms with Gasteiger partial charge in [0.1, 0.15) is 11.6 Å². The van der Waals surface area contributed by atoms with Crippen molar-refractivity contribution in [1.29, 1.82) is 0 Å². The molecule has 1 fully saturated rings. The lowest BCUT2D eigenvalue weighted by molar-refractivity contribution is 0.161. The average Bonchev–Trinajstić information content (AvgIpc) is 2.63. The second-order valence-corrected chi connectivity index (χ2v) is 6.99. The van der Waals surface area contributed by atoms with Crippen molar-refractivity contribution >= 4 is 0 Å². The third-order valence-electron chi connectivity index (χ3n) is 5.12. The van der Waals surface area contributed by atoms with Crippen molar-refractivity contribution in [2.24, 2.45) is 5.92 Å². The van der Waals surface area contributed by atoms with Gasteiger partial charge in [0.15, 0.2) is 11.5 Å². The SMILES string of the molecule is COc1cc(CN2CCCC(CCc3c(F)cccc3F)C2)ccc1O. The standard InChI is InChI=1S/C21H25F2NO2/c1-26-21-12-16(8-10-20(21)25)14-24-11-3-4-15(13-24)7-9-17-18(22)5-2-6-19(17)23/h2,5-6,8,10,12,15,25H,3-4,7,9,11,13-14H2,1H3. The highest BCUT2D eigenvalue weighted by Gasteiger charge is 2.21. The Morgan fingerprint density at radius 3 is 2.69 bits per heavy atom. The molecule has 0 aliphatic carbocycles. The molecule has 0 aromatic heterocycles. The van der Waals surface area contributed by atoms with E-state index >= 15 is 0 Å². The van der Waals surface area contributed by atoms with Crippen LogP contribution in [-0.4, -0.2) is 30.2 Å². The van der Waals surface area contributed by atoms with Crippen molar-refractivity contribution in [2.75, 3.05) is 20.2 Å². The molecular weight excluding hydrogens is 336 g/mol. The number of rotatable bonds is 6. The van der Waals surface area contributed by atoms with E-state index in [1.807, 2.05) is 12.1 Å². The fourth-order valence-electron chi connectivity index (χ4n) is 3.73. The van der Waals surface area contributed by atoms with Crippen molar-refractivity contribution in [2.45, 2.75) is 32.2 Å². The van der Waals surface area contributed by atoms with E-state index in [9.17, 15) is 13.9 Å². The zero-order valence-corrected chi connectivity index (χ0v) is 15.0.